The molecule has 0 spiro atoms. The van der Waals surface area contributed by atoms with Crippen LogP contribution in [0.25, 0.3) is 4.96 Å². The Morgan fingerprint density at radius 1 is 1.22 bits per heavy atom. The minimum Gasteiger partial charge on any atom is -0.346 e. The Labute approximate surface area is 142 Å². The van der Waals surface area contributed by atoms with Gasteiger partial charge in [0.2, 0.25) is 4.96 Å². The van der Waals surface area contributed by atoms with E-state index in [1.165, 1.54) is 11.3 Å². The van der Waals surface area contributed by atoms with Gasteiger partial charge in [-0.2, -0.15) is 0 Å². The molecule has 0 aliphatic heterocycles. The monoisotopic (exact) mass is 336 g/mol. The number of rotatable bonds is 4. The lowest BCUT2D eigenvalue weighted by Gasteiger charge is -2.33. The fourth-order valence-electron chi connectivity index (χ4n) is 3.25. The Morgan fingerprint density at radius 2 is 1.83 bits per heavy atom. The number of nitrogens with one attached hydrogen (secondary N) is 1. The van der Waals surface area contributed by atoms with Crippen LogP contribution in [0.1, 0.15) is 82.0 Å². The normalized spacial score (nSPS) is 13.1. The van der Waals surface area contributed by atoms with Gasteiger partial charge in [0.1, 0.15) is 10.7 Å². The fourth-order valence-corrected chi connectivity index (χ4v) is 4.22. The number of hydrogen-bond donors (Lipinski definition) is 1. The van der Waals surface area contributed by atoms with Gasteiger partial charge in [-0.25, -0.2) is 0 Å². The van der Waals surface area contributed by atoms with E-state index in [0.717, 1.165) is 27.8 Å². The number of carbonyl (C=O) groups is 1. The average Bonchev–Trinajstić information content (AvgIpc) is 2.86. The highest BCUT2D eigenvalue weighted by Gasteiger charge is 2.29. The average molecular weight is 337 g/mol. The predicted octanol–water partition coefficient (Wildman–Crippen LogP) is 4.17. The maximum atomic E-state index is 12.8. The highest BCUT2D eigenvalue weighted by molar-refractivity contribution is 7.19. The summed E-state index contributed by atoms with van der Waals surface area (Å²) in [5.74, 6) is 1.15. The Hall–Kier alpha value is -1.43. The van der Waals surface area contributed by atoms with E-state index in [2.05, 4.69) is 64.0 Å². The number of thiazole rings is 1. The van der Waals surface area contributed by atoms with Crippen molar-refractivity contribution < 1.29 is 4.79 Å². The number of aryl methyl sites for hydroxylation is 1. The standard InChI is InChI=1S/C17H28N4OS/c1-10(2)13-19-20-15-21(13)11(3)12(23-15)14(22)18-17(7,8)9-16(4,5)6/h10H,9H2,1-8H3,(H,18,22). The van der Waals surface area contributed by atoms with Gasteiger partial charge in [0.05, 0.1) is 0 Å². The highest BCUT2D eigenvalue weighted by Crippen LogP contribution is 2.29. The maximum Gasteiger partial charge on any atom is 0.263 e. The van der Waals surface area contributed by atoms with E-state index >= 15 is 0 Å². The number of nitrogens with zero attached hydrogens (tertiary/aromatic N) is 3. The molecule has 0 unspecified atom stereocenters. The third kappa shape index (κ3) is 3.91. The van der Waals surface area contributed by atoms with Crippen molar-refractivity contribution in [2.45, 2.75) is 73.3 Å². The second kappa shape index (κ2) is 5.89. The molecule has 23 heavy (non-hydrogen) atoms. The van der Waals surface area contributed by atoms with Crippen LogP contribution in [0, 0.1) is 12.3 Å². The molecule has 2 aromatic rings. The number of carbonyl (C=O) groups excluding carboxylic acids is 1. The number of aromatic nitrogens is 3. The largest absolute Gasteiger partial charge is 0.346 e. The van der Waals surface area contributed by atoms with E-state index in [4.69, 9.17) is 0 Å². The Balaban J connectivity index is 2.30. The van der Waals surface area contributed by atoms with Crippen molar-refractivity contribution in [3.63, 3.8) is 0 Å². The quantitative estimate of drug-likeness (QED) is 0.911. The molecule has 1 N–H and O–H groups in total. The summed E-state index contributed by atoms with van der Waals surface area (Å²) in [6.45, 7) is 16.8. The predicted molar refractivity (Wildman–Crippen MR) is 95.3 cm³/mol. The van der Waals surface area contributed by atoms with E-state index in [1.807, 2.05) is 11.3 Å². The number of fused-ring (bicyclic) bond motifs is 1. The first-order valence-electron chi connectivity index (χ1n) is 8.08. The van der Waals surface area contributed by atoms with E-state index in [1.54, 1.807) is 0 Å². The van der Waals surface area contributed by atoms with Gasteiger partial charge in [-0.1, -0.05) is 46.0 Å². The van der Waals surface area contributed by atoms with Crippen LogP contribution in [0.5, 0.6) is 0 Å². The maximum absolute atomic E-state index is 12.8. The SMILES string of the molecule is Cc1c(C(=O)NC(C)(C)CC(C)(C)C)sc2nnc(C(C)C)n12. The lowest BCUT2D eigenvalue weighted by molar-refractivity contribution is 0.0894. The summed E-state index contributed by atoms with van der Waals surface area (Å²) in [6, 6.07) is 0. The van der Waals surface area contributed by atoms with Gasteiger partial charge in [0, 0.05) is 17.2 Å². The summed E-state index contributed by atoms with van der Waals surface area (Å²) in [7, 11) is 0. The van der Waals surface area contributed by atoms with Crippen molar-refractivity contribution in [3.05, 3.63) is 16.4 Å². The third-order valence-corrected chi connectivity index (χ3v) is 4.79. The molecule has 0 aromatic carbocycles. The lowest BCUT2D eigenvalue weighted by atomic mass is 9.82. The second-order valence-electron chi connectivity index (χ2n) is 8.42. The molecule has 128 valence electrons. The van der Waals surface area contributed by atoms with E-state index in [-0.39, 0.29) is 22.8 Å². The van der Waals surface area contributed by atoms with Gasteiger partial charge in [0.15, 0.2) is 0 Å². The first-order chi connectivity index (χ1) is 10.4. The number of amides is 1. The first kappa shape index (κ1) is 17.9. The molecular weight excluding hydrogens is 308 g/mol. The van der Waals surface area contributed by atoms with E-state index in [9.17, 15) is 4.79 Å². The lowest BCUT2D eigenvalue weighted by Crippen LogP contribution is -2.45. The van der Waals surface area contributed by atoms with Crippen molar-refractivity contribution in [1.82, 2.24) is 19.9 Å². The summed E-state index contributed by atoms with van der Waals surface area (Å²) in [6.07, 6.45) is 0.909. The van der Waals surface area contributed by atoms with Crippen molar-refractivity contribution in [2.75, 3.05) is 0 Å². The Morgan fingerprint density at radius 3 is 2.35 bits per heavy atom. The van der Waals surface area contributed by atoms with Crippen LogP contribution in [0.4, 0.5) is 0 Å². The molecule has 0 atom stereocenters. The Bertz CT molecular complexity index is 719. The molecular formula is C17H28N4OS. The molecule has 0 saturated carbocycles. The molecule has 2 aromatic heterocycles. The molecule has 0 aliphatic rings. The topological polar surface area (TPSA) is 59.3 Å². The van der Waals surface area contributed by atoms with Crippen LogP contribution < -0.4 is 5.32 Å². The van der Waals surface area contributed by atoms with Gasteiger partial charge >= 0.3 is 0 Å². The van der Waals surface area contributed by atoms with Crippen LogP contribution in [0.3, 0.4) is 0 Å². The zero-order chi connectivity index (χ0) is 17.6. The summed E-state index contributed by atoms with van der Waals surface area (Å²) in [5, 5.41) is 11.6. The second-order valence-corrected chi connectivity index (χ2v) is 9.40. The molecule has 1 amide bonds. The fraction of sp³-hybridized carbons (Fsp3) is 0.706. The van der Waals surface area contributed by atoms with Crippen LogP contribution in [-0.4, -0.2) is 26.0 Å². The first-order valence-corrected chi connectivity index (χ1v) is 8.90. The molecule has 0 bridgehead atoms. The molecule has 0 saturated heterocycles. The smallest absolute Gasteiger partial charge is 0.263 e. The minimum atomic E-state index is -0.257. The van der Waals surface area contributed by atoms with Gasteiger partial charge in [-0.15, -0.1) is 10.2 Å². The van der Waals surface area contributed by atoms with Crippen molar-refractivity contribution >= 4 is 22.2 Å². The zero-order valence-electron chi connectivity index (χ0n) is 15.4. The van der Waals surface area contributed by atoms with Gasteiger partial charge < -0.3 is 5.32 Å². The van der Waals surface area contributed by atoms with Crippen LogP contribution in [0.2, 0.25) is 0 Å². The van der Waals surface area contributed by atoms with Gasteiger partial charge in [-0.05, 0) is 32.6 Å². The van der Waals surface area contributed by atoms with Crippen molar-refractivity contribution in [2.24, 2.45) is 5.41 Å². The summed E-state index contributed by atoms with van der Waals surface area (Å²) in [5.41, 5.74) is 0.820. The summed E-state index contributed by atoms with van der Waals surface area (Å²) < 4.78 is 2.00. The molecule has 5 nitrogen and oxygen atoms in total. The van der Waals surface area contributed by atoms with E-state index in [0.29, 0.717) is 0 Å². The summed E-state index contributed by atoms with van der Waals surface area (Å²) >= 11 is 1.41. The molecule has 6 heteroatoms. The van der Waals surface area contributed by atoms with E-state index < -0.39 is 0 Å². The minimum absolute atomic E-state index is 0.0260. The summed E-state index contributed by atoms with van der Waals surface area (Å²) in [4.78, 5) is 14.3. The Kier molecular flexibility index (Phi) is 4.59. The van der Waals surface area contributed by atoms with Gasteiger partial charge in [-0.3, -0.25) is 9.20 Å². The van der Waals surface area contributed by atoms with Gasteiger partial charge in [0.25, 0.3) is 5.91 Å². The molecule has 0 radical (unpaired) electrons. The van der Waals surface area contributed by atoms with Crippen LogP contribution in [0.15, 0.2) is 0 Å². The third-order valence-electron chi connectivity index (χ3n) is 3.66. The molecule has 0 fully saturated rings. The zero-order valence-corrected chi connectivity index (χ0v) is 16.3. The molecule has 2 rings (SSSR count). The molecule has 2 heterocycles. The van der Waals surface area contributed by atoms with Crippen molar-refractivity contribution in [1.29, 1.82) is 0 Å². The highest BCUT2D eigenvalue weighted by atomic mass is 32.1. The van der Waals surface area contributed by atoms with Crippen LogP contribution in [-0.2, 0) is 0 Å². The number of hydrogen-bond acceptors (Lipinski definition) is 4. The van der Waals surface area contributed by atoms with Crippen LogP contribution >= 0.6 is 11.3 Å². The van der Waals surface area contributed by atoms with Crippen molar-refractivity contribution in [3.8, 4) is 0 Å². The molecule has 0 aliphatic carbocycles.